The lowest BCUT2D eigenvalue weighted by atomic mass is 9.89. The average molecular weight is 339 g/mol. The summed E-state index contributed by atoms with van der Waals surface area (Å²) in [5.41, 5.74) is 3.28. The number of nitrogens with one attached hydrogen (secondary N) is 1. The number of rotatable bonds is 2. The summed E-state index contributed by atoms with van der Waals surface area (Å²) in [4.78, 5) is 17.9. The monoisotopic (exact) mass is 338 g/mol. The van der Waals surface area contributed by atoms with Crippen LogP contribution in [-0.2, 0) is 0 Å². The van der Waals surface area contributed by atoms with Crippen molar-refractivity contribution in [2.45, 2.75) is 18.8 Å². The first-order chi connectivity index (χ1) is 11.7. The van der Waals surface area contributed by atoms with Crippen molar-refractivity contribution in [2.24, 2.45) is 0 Å². The fourth-order valence-electron chi connectivity index (χ4n) is 3.60. The van der Waals surface area contributed by atoms with Gasteiger partial charge < -0.3 is 9.88 Å². The van der Waals surface area contributed by atoms with E-state index < -0.39 is 0 Å². The number of hydrogen-bond donors (Lipinski definition) is 1. The van der Waals surface area contributed by atoms with Gasteiger partial charge in [-0.1, -0.05) is 29.8 Å². The highest BCUT2D eigenvalue weighted by Crippen LogP contribution is 2.33. The zero-order valence-corrected chi connectivity index (χ0v) is 14.1. The largest absolute Gasteiger partial charge is 0.361 e. The van der Waals surface area contributed by atoms with Crippen molar-refractivity contribution in [3.8, 4) is 0 Å². The van der Waals surface area contributed by atoms with E-state index in [-0.39, 0.29) is 5.91 Å². The molecule has 2 heterocycles. The van der Waals surface area contributed by atoms with Crippen LogP contribution < -0.4 is 0 Å². The lowest BCUT2D eigenvalue weighted by molar-refractivity contribution is 0.0713. The van der Waals surface area contributed by atoms with Gasteiger partial charge in [0, 0.05) is 40.8 Å². The molecule has 2 aromatic carbocycles. The van der Waals surface area contributed by atoms with Crippen molar-refractivity contribution in [3.63, 3.8) is 0 Å². The van der Waals surface area contributed by atoms with Gasteiger partial charge in [0.25, 0.3) is 5.91 Å². The standard InChI is InChI=1S/C20H19ClN2O/c21-16-7-5-15(6-8-16)20(24)23-11-9-14(10-12-23)18-13-22-19-4-2-1-3-17(18)19/h1-8,13-14,22H,9-12H2. The zero-order valence-electron chi connectivity index (χ0n) is 13.3. The number of aromatic amines is 1. The number of H-pyrrole nitrogens is 1. The number of likely N-dealkylation sites (tertiary alicyclic amines) is 1. The summed E-state index contributed by atoms with van der Waals surface area (Å²) in [6.07, 6.45) is 4.13. The van der Waals surface area contributed by atoms with Gasteiger partial charge >= 0.3 is 0 Å². The third-order valence-corrected chi connectivity index (χ3v) is 5.19. The molecule has 122 valence electrons. The van der Waals surface area contributed by atoms with Gasteiger partial charge in [0.1, 0.15) is 0 Å². The highest BCUT2D eigenvalue weighted by Gasteiger charge is 2.25. The second-order valence-corrected chi connectivity index (χ2v) is 6.80. The molecule has 1 aliphatic heterocycles. The molecule has 4 heteroatoms. The molecular formula is C20H19ClN2O. The number of amides is 1. The molecule has 0 saturated carbocycles. The van der Waals surface area contributed by atoms with Crippen LogP contribution in [0, 0.1) is 0 Å². The van der Waals surface area contributed by atoms with Crippen molar-refractivity contribution in [1.29, 1.82) is 0 Å². The van der Waals surface area contributed by atoms with Crippen molar-refractivity contribution in [1.82, 2.24) is 9.88 Å². The van der Waals surface area contributed by atoms with E-state index >= 15 is 0 Å². The number of carbonyl (C=O) groups is 1. The maximum absolute atomic E-state index is 12.6. The summed E-state index contributed by atoms with van der Waals surface area (Å²) < 4.78 is 0. The van der Waals surface area contributed by atoms with Crippen LogP contribution in [0.3, 0.4) is 0 Å². The molecule has 3 nitrogen and oxygen atoms in total. The van der Waals surface area contributed by atoms with Crippen molar-refractivity contribution in [2.75, 3.05) is 13.1 Å². The van der Waals surface area contributed by atoms with Gasteiger partial charge in [0.15, 0.2) is 0 Å². The number of aromatic nitrogens is 1. The minimum atomic E-state index is 0.101. The van der Waals surface area contributed by atoms with E-state index in [0.717, 1.165) is 25.9 Å². The summed E-state index contributed by atoms with van der Waals surface area (Å²) in [6.45, 7) is 1.59. The van der Waals surface area contributed by atoms with Gasteiger partial charge in [-0.05, 0) is 54.7 Å². The Morgan fingerprint density at radius 3 is 2.50 bits per heavy atom. The molecule has 24 heavy (non-hydrogen) atoms. The molecule has 1 N–H and O–H groups in total. The summed E-state index contributed by atoms with van der Waals surface area (Å²) in [5, 5.41) is 1.96. The summed E-state index contributed by atoms with van der Waals surface area (Å²) >= 11 is 5.90. The van der Waals surface area contributed by atoms with Crippen LogP contribution >= 0.6 is 11.6 Å². The van der Waals surface area contributed by atoms with Crippen LogP contribution in [-0.4, -0.2) is 28.9 Å². The predicted molar refractivity (Wildman–Crippen MR) is 97.6 cm³/mol. The van der Waals surface area contributed by atoms with Crippen LogP contribution in [0.1, 0.15) is 34.7 Å². The third kappa shape index (κ3) is 2.80. The summed E-state index contributed by atoms with van der Waals surface area (Å²) in [5.74, 6) is 0.611. The minimum absolute atomic E-state index is 0.101. The molecule has 0 atom stereocenters. The molecule has 0 aliphatic carbocycles. The molecule has 1 fully saturated rings. The quantitative estimate of drug-likeness (QED) is 0.713. The van der Waals surface area contributed by atoms with Crippen LogP contribution in [0.15, 0.2) is 54.7 Å². The number of fused-ring (bicyclic) bond motifs is 1. The van der Waals surface area contributed by atoms with E-state index in [1.807, 2.05) is 4.90 Å². The molecule has 0 bridgehead atoms. The SMILES string of the molecule is O=C(c1ccc(Cl)cc1)N1CCC(c2c[nH]c3ccccc23)CC1. The molecule has 0 radical (unpaired) electrons. The molecule has 3 aromatic rings. The van der Waals surface area contributed by atoms with Crippen LogP contribution in [0.25, 0.3) is 10.9 Å². The Hall–Kier alpha value is -2.26. The molecule has 0 spiro atoms. The lowest BCUT2D eigenvalue weighted by Crippen LogP contribution is -2.37. The van der Waals surface area contributed by atoms with Gasteiger partial charge in [0.2, 0.25) is 0 Å². The second kappa shape index (κ2) is 6.33. The summed E-state index contributed by atoms with van der Waals surface area (Å²) in [6, 6.07) is 15.6. The number of halogens is 1. The van der Waals surface area contributed by atoms with E-state index in [1.165, 1.54) is 16.5 Å². The molecule has 4 rings (SSSR count). The Labute approximate surface area is 146 Å². The first-order valence-electron chi connectivity index (χ1n) is 8.33. The van der Waals surface area contributed by atoms with Crippen LogP contribution in [0.2, 0.25) is 5.02 Å². The molecule has 1 saturated heterocycles. The first kappa shape index (κ1) is 15.3. The van der Waals surface area contributed by atoms with E-state index in [0.29, 0.717) is 16.5 Å². The Balaban J connectivity index is 1.47. The highest BCUT2D eigenvalue weighted by molar-refractivity contribution is 6.30. The Kier molecular flexibility index (Phi) is 4.03. The highest BCUT2D eigenvalue weighted by atomic mass is 35.5. The molecule has 1 aliphatic rings. The third-order valence-electron chi connectivity index (χ3n) is 4.93. The summed E-state index contributed by atoms with van der Waals surface area (Å²) in [7, 11) is 0. The maximum atomic E-state index is 12.6. The van der Waals surface area contributed by atoms with Gasteiger partial charge in [0.05, 0.1) is 0 Å². The number of para-hydroxylation sites is 1. The van der Waals surface area contributed by atoms with E-state index in [9.17, 15) is 4.79 Å². The van der Waals surface area contributed by atoms with E-state index in [2.05, 4.69) is 35.4 Å². The number of benzene rings is 2. The average Bonchev–Trinajstić information content (AvgIpc) is 3.06. The number of nitrogens with zero attached hydrogens (tertiary/aromatic N) is 1. The first-order valence-corrected chi connectivity index (χ1v) is 8.71. The van der Waals surface area contributed by atoms with Gasteiger partial charge in [-0.15, -0.1) is 0 Å². The smallest absolute Gasteiger partial charge is 0.253 e. The van der Waals surface area contributed by atoms with Crippen LogP contribution in [0.4, 0.5) is 0 Å². The van der Waals surface area contributed by atoms with E-state index in [4.69, 9.17) is 11.6 Å². The zero-order chi connectivity index (χ0) is 16.5. The minimum Gasteiger partial charge on any atom is -0.361 e. The van der Waals surface area contributed by atoms with Crippen molar-refractivity contribution >= 4 is 28.4 Å². The normalized spacial score (nSPS) is 15.8. The Morgan fingerprint density at radius 1 is 1.04 bits per heavy atom. The van der Waals surface area contributed by atoms with Crippen molar-refractivity contribution < 1.29 is 4.79 Å². The fourth-order valence-corrected chi connectivity index (χ4v) is 3.73. The molecule has 0 unspecified atom stereocenters. The van der Waals surface area contributed by atoms with Gasteiger partial charge in [-0.2, -0.15) is 0 Å². The maximum Gasteiger partial charge on any atom is 0.253 e. The lowest BCUT2D eigenvalue weighted by Gasteiger charge is -2.32. The van der Waals surface area contributed by atoms with Crippen LogP contribution in [0.5, 0.6) is 0 Å². The second-order valence-electron chi connectivity index (χ2n) is 6.36. The molecule has 1 amide bonds. The predicted octanol–water partition coefficient (Wildman–Crippen LogP) is 4.84. The number of carbonyl (C=O) groups excluding carboxylic acids is 1. The number of hydrogen-bond acceptors (Lipinski definition) is 1. The van der Waals surface area contributed by atoms with E-state index in [1.54, 1.807) is 24.3 Å². The Morgan fingerprint density at radius 2 is 1.75 bits per heavy atom. The van der Waals surface area contributed by atoms with Gasteiger partial charge in [-0.25, -0.2) is 0 Å². The number of piperidine rings is 1. The fraction of sp³-hybridized carbons (Fsp3) is 0.250. The van der Waals surface area contributed by atoms with Crippen molar-refractivity contribution in [3.05, 3.63) is 70.9 Å². The molecule has 1 aromatic heterocycles. The Bertz CT molecular complexity index is 861. The topological polar surface area (TPSA) is 36.1 Å². The molecular weight excluding hydrogens is 320 g/mol. The van der Waals surface area contributed by atoms with Gasteiger partial charge in [-0.3, -0.25) is 4.79 Å².